The number of hydrogen-bond donors (Lipinski definition) is 1. The summed E-state index contributed by atoms with van der Waals surface area (Å²) < 4.78 is 0.337. The Morgan fingerprint density at radius 3 is 2.36 bits per heavy atom. The number of thiocarbonyl (C=S) groups is 1. The second-order valence-corrected chi connectivity index (χ2v) is 7.95. The van der Waals surface area contributed by atoms with E-state index in [1.165, 1.54) is 9.80 Å². The summed E-state index contributed by atoms with van der Waals surface area (Å²) in [5.41, 5.74) is 2.77. The van der Waals surface area contributed by atoms with Crippen LogP contribution in [-0.4, -0.2) is 33.8 Å². The van der Waals surface area contributed by atoms with Crippen LogP contribution in [0, 0.1) is 6.92 Å². The fourth-order valence-corrected chi connectivity index (χ4v) is 4.69. The molecule has 1 N–H and O–H groups in total. The number of para-hydroxylation sites is 2. The predicted octanol–water partition coefficient (Wildman–Crippen LogP) is 3.20. The fraction of sp³-hybridized carbons (Fsp3) is 0.100. The number of nitrogens with zero attached hydrogens (tertiary/aromatic N) is 2. The number of benzene rings is 2. The van der Waals surface area contributed by atoms with Crippen molar-refractivity contribution in [2.24, 2.45) is 0 Å². The number of carboxylic acids is 1. The monoisotopic (exact) mass is 410 g/mol. The first kappa shape index (κ1) is 18.4. The quantitative estimate of drug-likeness (QED) is 0.619. The molecule has 0 spiro atoms. The molecule has 1 fully saturated rings. The molecular weight excluding hydrogens is 396 g/mol. The molecular formula is C20H14N2O4S2. The first-order valence-corrected chi connectivity index (χ1v) is 9.62. The number of aryl methyl sites for hydroxylation is 1. The van der Waals surface area contributed by atoms with Gasteiger partial charge in [0.05, 0.1) is 21.9 Å². The molecule has 0 bridgehead atoms. The Morgan fingerprint density at radius 1 is 1.04 bits per heavy atom. The Hall–Kier alpha value is -2.97. The van der Waals surface area contributed by atoms with Crippen molar-refractivity contribution in [2.75, 3.05) is 16.3 Å². The molecule has 0 aromatic heterocycles. The molecule has 0 atom stereocenters. The molecule has 0 unspecified atom stereocenters. The van der Waals surface area contributed by atoms with E-state index in [0.717, 1.165) is 17.3 Å². The number of anilines is 2. The lowest BCUT2D eigenvalue weighted by atomic mass is 10.1. The summed E-state index contributed by atoms with van der Waals surface area (Å²) in [4.78, 5) is 40.3. The third-order valence-corrected chi connectivity index (χ3v) is 5.94. The highest BCUT2D eigenvalue weighted by Crippen LogP contribution is 2.45. The Morgan fingerprint density at radius 2 is 1.68 bits per heavy atom. The lowest BCUT2D eigenvalue weighted by Crippen LogP contribution is -2.33. The van der Waals surface area contributed by atoms with E-state index < -0.39 is 18.4 Å². The van der Waals surface area contributed by atoms with E-state index in [2.05, 4.69) is 0 Å². The van der Waals surface area contributed by atoms with E-state index in [-0.39, 0.29) is 16.4 Å². The van der Waals surface area contributed by atoms with Gasteiger partial charge in [-0.05, 0) is 24.6 Å². The van der Waals surface area contributed by atoms with E-state index in [9.17, 15) is 19.5 Å². The van der Waals surface area contributed by atoms with Gasteiger partial charge < -0.3 is 5.11 Å². The summed E-state index contributed by atoms with van der Waals surface area (Å²) in [5, 5.41) is 9.17. The number of rotatable bonds is 3. The molecule has 2 amide bonds. The SMILES string of the molecule is Cc1ccccc1N1C(=O)C(=C2C(=O)N(CC(=O)O)c3ccccc32)SC1=S. The number of amides is 2. The minimum absolute atomic E-state index is 0.199. The average molecular weight is 410 g/mol. The highest BCUT2D eigenvalue weighted by Gasteiger charge is 2.43. The van der Waals surface area contributed by atoms with Crippen molar-refractivity contribution in [1.82, 2.24) is 0 Å². The minimum atomic E-state index is -1.13. The first-order valence-electron chi connectivity index (χ1n) is 8.39. The van der Waals surface area contributed by atoms with Crippen LogP contribution in [0.4, 0.5) is 11.4 Å². The maximum absolute atomic E-state index is 13.2. The lowest BCUT2D eigenvalue weighted by Gasteiger charge is -2.17. The van der Waals surface area contributed by atoms with Gasteiger partial charge in [0.25, 0.3) is 11.8 Å². The van der Waals surface area contributed by atoms with Gasteiger partial charge in [-0.3, -0.25) is 24.2 Å². The maximum atomic E-state index is 13.2. The van der Waals surface area contributed by atoms with Gasteiger partial charge in [-0.15, -0.1) is 0 Å². The van der Waals surface area contributed by atoms with E-state index in [4.69, 9.17) is 12.2 Å². The lowest BCUT2D eigenvalue weighted by molar-refractivity contribution is -0.136. The molecule has 1 saturated heterocycles. The van der Waals surface area contributed by atoms with Gasteiger partial charge in [0.2, 0.25) is 0 Å². The standard InChI is InChI=1S/C20H14N2O4S2/c1-11-6-2-4-8-13(11)22-19(26)17(28-20(22)27)16-12-7-3-5-9-14(12)21(18(16)25)10-15(23)24/h2-9H,10H2,1H3,(H,23,24). The number of hydrogen-bond acceptors (Lipinski definition) is 5. The third kappa shape index (κ3) is 2.81. The van der Waals surface area contributed by atoms with Crippen LogP contribution in [0.1, 0.15) is 11.1 Å². The van der Waals surface area contributed by atoms with Crippen LogP contribution in [0.15, 0.2) is 53.4 Å². The Balaban J connectivity index is 1.85. The molecule has 2 aromatic rings. The molecule has 2 heterocycles. The summed E-state index contributed by atoms with van der Waals surface area (Å²) in [6.45, 7) is 1.41. The van der Waals surface area contributed by atoms with E-state index in [1.54, 1.807) is 30.3 Å². The van der Waals surface area contributed by atoms with Crippen molar-refractivity contribution >= 4 is 63.0 Å². The zero-order valence-electron chi connectivity index (χ0n) is 14.7. The predicted molar refractivity (Wildman–Crippen MR) is 112 cm³/mol. The van der Waals surface area contributed by atoms with Crippen LogP contribution in [0.25, 0.3) is 5.57 Å². The normalized spacial score (nSPS) is 18.8. The van der Waals surface area contributed by atoms with Gasteiger partial charge in [0, 0.05) is 5.56 Å². The zero-order valence-corrected chi connectivity index (χ0v) is 16.3. The molecule has 2 aliphatic heterocycles. The first-order chi connectivity index (χ1) is 13.4. The molecule has 2 aliphatic rings. The fourth-order valence-electron chi connectivity index (χ4n) is 3.33. The molecule has 4 rings (SSSR count). The highest BCUT2D eigenvalue weighted by atomic mass is 32.2. The van der Waals surface area contributed by atoms with Crippen molar-refractivity contribution in [3.63, 3.8) is 0 Å². The smallest absolute Gasteiger partial charge is 0.323 e. The van der Waals surface area contributed by atoms with E-state index in [1.807, 2.05) is 25.1 Å². The van der Waals surface area contributed by atoms with Gasteiger partial charge in [-0.1, -0.05) is 60.4 Å². The molecule has 140 valence electrons. The highest BCUT2D eigenvalue weighted by molar-refractivity contribution is 8.27. The summed E-state index contributed by atoms with van der Waals surface area (Å²) >= 11 is 6.49. The number of aliphatic carboxylic acids is 1. The molecule has 2 aromatic carbocycles. The van der Waals surface area contributed by atoms with E-state index in [0.29, 0.717) is 21.3 Å². The molecule has 0 saturated carbocycles. The van der Waals surface area contributed by atoms with Crippen molar-refractivity contribution < 1.29 is 19.5 Å². The largest absolute Gasteiger partial charge is 0.480 e. The number of fused-ring (bicyclic) bond motifs is 1. The van der Waals surface area contributed by atoms with Crippen molar-refractivity contribution in [3.8, 4) is 0 Å². The molecule has 8 heteroatoms. The second-order valence-electron chi connectivity index (χ2n) is 6.30. The molecule has 0 radical (unpaired) electrons. The van der Waals surface area contributed by atoms with Gasteiger partial charge in [0.15, 0.2) is 4.32 Å². The minimum Gasteiger partial charge on any atom is -0.480 e. The van der Waals surface area contributed by atoms with Crippen LogP contribution in [0.2, 0.25) is 0 Å². The molecule has 0 aliphatic carbocycles. The summed E-state index contributed by atoms with van der Waals surface area (Å²) in [7, 11) is 0. The Bertz CT molecular complexity index is 1090. The maximum Gasteiger partial charge on any atom is 0.323 e. The van der Waals surface area contributed by atoms with Crippen LogP contribution in [-0.2, 0) is 14.4 Å². The zero-order chi connectivity index (χ0) is 20.0. The Kier molecular flexibility index (Phi) is 4.52. The number of carboxylic acid groups (broad SMARTS) is 1. The topological polar surface area (TPSA) is 77.9 Å². The van der Waals surface area contributed by atoms with Gasteiger partial charge in [-0.25, -0.2) is 0 Å². The number of carbonyl (C=O) groups is 3. The van der Waals surface area contributed by atoms with Crippen molar-refractivity contribution in [3.05, 3.63) is 64.6 Å². The number of thioether (sulfide) groups is 1. The van der Waals surface area contributed by atoms with Crippen LogP contribution in [0.5, 0.6) is 0 Å². The van der Waals surface area contributed by atoms with Gasteiger partial charge in [-0.2, -0.15) is 0 Å². The van der Waals surface area contributed by atoms with E-state index >= 15 is 0 Å². The van der Waals surface area contributed by atoms with Gasteiger partial charge >= 0.3 is 5.97 Å². The third-order valence-electron chi connectivity index (χ3n) is 4.57. The summed E-state index contributed by atoms with van der Waals surface area (Å²) in [6, 6.07) is 14.2. The summed E-state index contributed by atoms with van der Waals surface area (Å²) in [6.07, 6.45) is 0. The van der Waals surface area contributed by atoms with Gasteiger partial charge in [0.1, 0.15) is 6.54 Å². The van der Waals surface area contributed by atoms with Crippen LogP contribution >= 0.6 is 24.0 Å². The average Bonchev–Trinajstić information content (AvgIpc) is 3.09. The molecule has 6 nitrogen and oxygen atoms in total. The van der Waals surface area contributed by atoms with Crippen molar-refractivity contribution in [2.45, 2.75) is 6.92 Å². The van der Waals surface area contributed by atoms with Crippen molar-refractivity contribution in [1.29, 1.82) is 0 Å². The second kappa shape index (κ2) is 6.88. The Labute approximate surface area is 170 Å². The molecule has 28 heavy (non-hydrogen) atoms. The summed E-state index contributed by atoms with van der Waals surface area (Å²) in [5.74, 6) is -2.01. The number of carbonyl (C=O) groups excluding carboxylic acids is 2. The van der Waals surface area contributed by atoms with Crippen LogP contribution < -0.4 is 9.80 Å². The van der Waals surface area contributed by atoms with Crippen LogP contribution in [0.3, 0.4) is 0 Å².